The van der Waals surface area contributed by atoms with E-state index in [1.807, 2.05) is 24.3 Å². The molecule has 7 nitrogen and oxygen atoms in total. The van der Waals surface area contributed by atoms with Gasteiger partial charge in [-0.1, -0.05) is 38.1 Å². The maximum Gasteiger partial charge on any atom is 0.243 e. The molecule has 0 aliphatic carbocycles. The van der Waals surface area contributed by atoms with E-state index in [2.05, 4.69) is 10.6 Å². The molecule has 0 aliphatic heterocycles. The Morgan fingerprint density at radius 2 is 1.46 bits per heavy atom. The van der Waals surface area contributed by atoms with Crippen molar-refractivity contribution in [3.8, 4) is 5.75 Å². The minimum Gasteiger partial charge on any atom is -0.497 e. The molecular formula is C26H30FN3O4S. The second-order valence-corrected chi connectivity index (χ2v) is 9.74. The van der Waals surface area contributed by atoms with Crippen molar-refractivity contribution >= 4 is 21.6 Å². The van der Waals surface area contributed by atoms with E-state index in [4.69, 9.17) is 4.74 Å². The fourth-order valence-electron chi connectivity index (χ4n) is 3.70. The Hall–Kier alpha value is -3.27. The third-order valence-electron chi connectivity index (χ3n) is 5.60. The zero-order valence-corrected chi connectivity index (χ0v) is 20.8. The van der Waals surface area contributed by atoms with Crippen molar-refractivity contribution in [2.45, 2.75) is 24.8 Å². The van der Waals surface area contributed by atoms with Crippen LogP contribution in [-0.2, 0) is 14.8 Å². The number of anilines is 1. The monoisotopic (exact) mass is 499 g/mol. The molecule has 0 aromatic heterocycles. The van der Waals surface area contributed by atoms with Crippen LogP contribution < -0.4 is 15.4 Å². The summed E-state index contributed by atoms with van der Waals surface area (Å²) in [5, 5.41) is 5.99. The minimum atomic E-state index is -3.56. The Morgan fingerprint density at radius 3 is 1.97 bits per heavy atom. The number of nitrogens with one attached hydrogen (secondary N) is 2. The molecule has 1 unspecified atom stereocenters. The van der Waals surface area contributed by atoms with Crippen LogP contribution in [0, 0.1) is 5.82 Å². The average molecular weight is 500 g/mol. The highest BCUT2D eigenvalue weighted by molar-refractivity contribution is 7.89. The summed E-state index contributed by atoms with van der Waals surface area (Å²) in [5.41, 5.74) is 2.17. The predicted molar refractivity (Wildman–Crippen MR) is 134 cm³/mol. The van der Waals surface area contributed by atoms with Crippen LogP contribution in [0.1, 0.15) is 31.0 Å². The van der Waals surface area contributed by atoms with Gasteiger partial charge in [-0.2, -0.15) is 4.31 Å². The van der Waals surface area contributed by atoms with E-state index in [0.717, 1.165) is 11.1 Å². The quantitative estimate of drug-likeness (QED) is 0.413. The number of hydrogen-bond acceptors (Lipinski definition) is 5. The van der Waals surface area contributed by atoms with Crippen molar-refractivity contribution in [1.82, 2.24) is 9.62 Å². The number of rotatable bonds is 11. The lowest BCUT2D eigenvalue weighted by Crippen LogP contribution is -2.32. The Labute approximate surface area is 206 Å². The Kier molecular flexibility index (Phi) is 8.97. The molecule has 0 saturated carbocycles. The second-order valence-electron chi connectivity index (χ2n) is 7.80. The minimum absolute atomic E-state index is 0.0203. The highest BCUT2D eigenvalue weighted by atomic mass is 32.2. The number of ether oxygens (including phenoxy) is 1. The van der Waals surface area contributed by atoms with Crippen molar-refractivity contribution in [3.63, 3.8) is 0 Å². The normalized spacial score (nSPS) is 12.4. The summed E-state index contributed by atoms with van der Waals surface area (Å²) >= 11 is 0. The molecule has 3 aromatic rings. The first kappa shape index (κ1) is 26.3. The van der Waals surface area contributed by atoms with E-state index in [1.165, 1.54) is 28.6 Å². The molecule has 0 radical (unpaired) electrons. The number of carbonyl (C=O) groups is 1. The number of nitrogens with zero attached hydrogens (tertiary/aromatic N) is 1. The van der Waals surface area contributed by atoms with E-state index >= 15 is 0 Å². The first-order valence-corrected chi connectivity index (χ1v) is 12.7. The molecule has 0 saturated heterocycles. The lowest BCUT2D eigenvalue weighted by Gasteiger charge is -2.20. The maximum absolute atomic E-state index is 13.5. The van der Waals surface area contributed by atoms with Crippen LogP contribution in [-0.4, -0.2) is 45.4 Å². The van der Waals surface area contributed by atoms with Crippen LogP contribution in [0.15, 0.2) is 77.7 Å². The van der Waals surface area contributed by atoms with Gasteiger partial charge >= 0.3 is 0 Å². The molecule has 9 heteroatoms. The number of amides is 1. The van der Waals surface area contributed by atoms with Crippen molar-refractivity contribution < 1.29 is 22.3 Å². The third kappa shape index (κ3) is 6.66. The van der Waals surface area contributed by atoms with Gasteiger partial charge in [0.1, 0.15) is 11.6 Å². The standard InChI is InChI=1S/C26H30FN3O4S/c1-4-30(5-2)35(32,33)24-16-12-22(13-17-24)29-25(31)18-28-26(19-6-10-21(27)11-7-19)20-8-14-23(34-3)15-9-20/h6-17,26,28H,4-5,18H2,1-3H3,(H,29,31). The van der Waals surface area contributed by atoms with Crippen LogP contribution in [0.2, 0.25) is 0 Å². The summed E-state index contributed by atoms with van der Waals surface area (Å²) in [6, 6.07) is 19.2. The summed E-state index contributed by atoms with van der Waals surface area (Å²) in [6.45, 7) is 4.31. The molecule has 1 amide bonds. The average Bonchev–Trinajstić information content (AvgIpc) is 2.86. The number of benzene rings is 3. The van der Waals surface area contributed by atoms with E-state index in [1.54, 1.807) is 45.2 Å². The Morgan fingerprint density at radius 1 is 0.914 bits per heavy atom. The molecule has 0 heterocycles. The van der Waals surface area contributed by atoms with Gasteiger partial charge in [-0.15, -0.1) is 0 Å². The van der Waals surface area contributed by atoms with Crippen LogP contribution >= 0.6 is 0 Å². The summed E-state index contributed by atoms with van der Waals surface area (Å²) in [5.74, 6) is 0.0622. The van der Waals surface area contributed by atoms with E-state index in [0.29, 0.717) is 24.5 Å². The smallest absolute Gasteiger partial charge is 0.243 e. The number of halogens is 1. The largest absolute Gasteiger partial charge is 0.497 e. The topological polar surface area (TPSA) is 87.7 Å². The van der Waals surface area contributed by atoms with Crippen molar-refractivity contribution in [2.75, 3.05) is 32.1 Å². The van der Waals surface area contributed by atoms with E-state index in [-0.39, 0.29) is 29.2 Å². The van der Waals surface area contributed by atoms with Gasteiger partial charge in [-0.05, 0) is 59.7 Å². The molecule has 0 spiro atoms. The Bertz CT molecular complexity index is 1210. The summed E-state index contributed by atoms with van der Waals surface area (Å²) in [4.78, 5) is 12.8. The second kappa shape index (κ2) is 11.9. The van der Waals surface area contributed by atoms with Gasteiger partial charge in [0.05, 0.1) is 24.6 Å². The third-order valence-corrected chi connectivity index (χ3v) is 7.66. The molecule has 3 rings (SSSR count). The summed E-state index contributed by atoms with van der Waals surface area (Å²) in [6.07, 6.45) is 0. The highest BCUT2D eigenvalue weighted by Gasteiger charge is 2.21. The predicted octanol–water partition coefficient (Wildman–Crippen LogP) is 4.18. The Balaban J connectivity index is 1.70. The zero-order chi connectivity index (χ0) is 25.4. The first-order chi connectivity index (χ1) is 16.8. The first-order valence-electron chi connectivity index (χ1n) is 11.3. The maximum atomic E-state index is 13.5. The highest BCUT2D eigenvalue weighted by Crippen LogP contribution is 2.24. The van der Waals surface area contributed by atoms with Gasteiger partial charge in [-0.3, -0.25) is 10.1 Å². The number of hydrogen-bond donors (Lipinski definition) is 2. The van der Waals surface area contributed by atoms with Crippen LogP contribution in [0.4, 0.5) is 10.1 Å². The number of carbonyl (C=O) groups excluding carboxylic acids is 1. The molecular weight excluding hydrogens is 469 g/mol. The fourth-order valence-corrected chi connectivity index (χ4v) is 5.16. The van der Waals surface area contributed by atoms with Gasteiger partial charge in [0.15, 0.2) is 0 Å². The lowest BCUT2D eigenvalue weighted by molar-refractivity contribution is -0.115. The lowest BCUT2D eigenvalue weighted by atomic mass is 9.98. The SMILES string of the molecule is CCN(CC)S(=O)(=O)c1ccc(NC(=O)CNC(c2ccc(F)cc2)c2ccc(OC)cc2)cc1. The summed E-state index contributed by atoms with van der Waals surface area (Å²) in [7, 11) is -1.98. The molecule has 0 bridgehead atoms. The fraction of sp³-hybridized carbons (Fsp3) is 0.269. The van der Waals surface area contributed by atoms with Crippen LogP contribution in [0.3, 0.4) is 0 Å². The zero-order valence-electron chi connectivity index (χ0n) is 20.0. The van der Waals surface area contributed by atoms with Gasteiger partial charge < -0.3 is 10.1 Å². The molecule has 2 N–H and O–H groups in total. The summed E-state index contributed by atoms with van der Waals surface area (Å²) < 4.78 is 45.3. The molecule has 0 aliphatic rings. The van der Waals surface area contributed by atoms with Gasteiger partial charge in [0.2, 0.25) is 15.9 Å². The van der Waals surface area contributed by atoms with Crippen LogP contribution in [0.5, 0.6) is 5.75 Å². The van der Waals surface area contributed by atoms with Gasteiger partial charge in [-0.25, -0.2) is 12.8 Å². The van der Waals surface area contributed by atoms with E-state index < -0.39 is 10.0 Å². The number of sulfonamides is 1. The van der Waals surface area contributed by atoms with Crippen LogP contribution in [0.25, 0.3) is 0 Å². The molecule has 1 atom stereocenters. The molecule has 3 aromatic carbocycles. The molecule has 0 fully saturated rings. The van der Waals surface area contributed by atoms with Crippen molar-refractivity contribution in [1.29, 1.82) is 0 Å². The van der Waals surface area contributed by atoms with Gasteiger partial charge in [0.25, 0.3) is 0 Å². The number of methoxy groups -OCH3 is 1. The van der Waals surface area contributed by atoms with Crippen molar-refractivity contribution in [2.24, 2.45) is 0 Å². The van der Waals surface area contributed by atoms with Gasteiger partial charge in [0, 0.05) is 18.8 Å². The van der Waals surface area contributed by atoms with Crippen molar-refractivity contribution in [3.05, 3.63) is 89.7 Å². The molecule has 186 valence electrons. The van der Waals surface area contributed by atoms with E-state index in [9.17, 15) is 17.6 Å². The molecule has 35 heavy (non-hydrogen) atoms.